The minimum atomic E-state index is -3.13. The first-order valence-corrected chi connectivity index (χ1v) is 7.14. The van der Waals surface area contributed by atoms with Gasteiger partial charge in [0.2, 0.25) is 0 Å². The van der Waals surface area contributed by atoms with Crippen LogP contribution in [-0.4, -0.2) is 23.1 Å². The maximum Gasteiger partial charge on any atom is 0.275 e. The highest BCUT2D eigenvalue weighted by molar-refractivity contribution is 8.00. The summed E-state index contributed by atoms with van der Waals surface area (Å²) in [7, 11) is 0. The van der Waals surface area contributed by atoms with Gasteiger partial charge in [0, 0.05) is 11.2 Å². The van der Waals surface area contributed by atoms with Gasteiger partial charge in [0.1, 0.15) is 0 Å². The predicted octanol–water partition coefficient (Wildman–Crippen LogP) is 5.32. The monoisotopic (exact) mass is 270 g/mol. The Bertz CT molecular complexity index is 225. The molecule has 0 saturated heterocycles. The first-order valence-electron chi connectivity index (χ1n) is 6.16. The molecular weight excluding hydrogens is 245 g/mol. The Balaban J connectivity index is 4.05. The van der Waals surface area contributed by atoms with Crippen molar-refractivity contribution in [2.45, 2.75) is 64.6 Å². The molecule has 0 saturated carbocycles. The van der Waals surface area contributed by atoms with Crippen LogP contribution in [0, 0.1) is 5.41 Å². The fraction of sp³-hybridized carbons (Fsp3) is 1.00. The number of hydrogen-bond donors (Lipinski definition) is 0. The van der Waals surface area contributed by atoms with Crippen molar-refractivity contribution < 1.29 is 13.2 Å². The number of thioether (sulfide) groups is 1. The van der Waals surface area contributed by atoms with E-state index in [2.05, 4.69) is 34.6 Å². The molecule has 0 N–H and O–H groups in total. The van der Waals surface area contributed by atoms with Crippen LogP contribution in [-0.2, 0) is 0 Å². The van der Waals surface area contributed by atoms with Crippen LogP contribution < -0.4 is 0 Å². The van der Waals surface area contributed by atoms with Gasteiger partial charge in [-0.25, -0.2) is 13.2 Å². The molecule has 0 aliphatic carbocycles. The Morgan fingerprint density at radius 3 is 2.00 bits per heavy atom. The fourth-order valence-electron chi connectivity index (χ4n) is 1.35. The lowest BCUT2D eigenvalue weighted by molar-refractivity contribution is -0.0302. The van der Waals surface area contributed by atoms with E-state index in [1.165, 1.54) is 0 Å². The van der Waals surface area contributed by atoms with E-state index in [9.17, 15) is 13.2 Å². The molecule has 17 heavy (non-hydrogen) atoms. The minimum Gasteiger partial charge on any atom is -0.244 e. The van der Waals surface area contributed by atoms with Crippen LogP contribution in [0.2, 0.25) is 0 Å². The van der Waals surface area contributed by atoms with E-state index in [1.54, 1.807) is 11.8 Å². The highest BCUT2D eigenvalue weighted by atomic mass is 32.2. The third kappa shape index (κ3) is 5.54. The Labute approximate surface area is 108 Å². The van der Waals surface area contributed by atoms with Gasteiger partial charge in [-0.1, -0.05) is 34.6 Å². The maximum absolute atomic E-state index is 12.7. The van der Waals surface area contributed by atoms with Crippen molar-refractivity contribution in [1.29, 1.82) is 0 Å². The van der Waals surface area contributed by atoms with Gasteiger partial charge in [-0.3, -0.25) is 0 Å². The second-order valence-electron chi connectivity index (χ2n) is 5.69. The summed E-state index contributed by atoms with van der Waals surface area (Å²) in [6.07, 6.45) is 1.07. The van der Waals surface area contributed by atoms with E-state index >= 15 is 0 Å². The Hall–Kier alpha value is 0.140. The van der Waals surface area contributed by atoms with E-state index < -0.39 is 12.6 Å². The molecule has 0 aliphatic rings. The lowest BCUT2D eigenvalue weighted by atomic mass is 9.78. The van der Waals surface area contributed by atoms with Crippen LogP contribution >= 0.6 is 11.8 Å². The molecule has 0 aliphatic heterocycles. The molecular formula is C13H25F3S. The average molecular weight is 270 g/mol. The van der Waals surface area contributed by atoms with E-state index in [1.807, 2.05) is 0 Å². The molecule has 0 radical (unpaired) electrons. The Morgan fingerprint density at radius 2 is 1.59 bits per heavy atom. The zero-order valence-electron chi connectivity index (χ0n) is 11.6. The average Bonchev–Trinajstić information content (AvgIpc) is 2.24. The van der Waals surface area contributed by atoms with Crippen molar-refractivity contribution in [2.24, 2.45) is 5.41 Å². The SMILES string of the molecule is CCC(C)(C)C(C)(C)SCCCC(F)(F)CF. The van der Waals surface area contributed by atoms with Crippen LogP contribution in [0.3, 0.4) is 0 Å². The molecule has 0 aromatic heterocycles. The van der Waals surface area contributed by atoms with E-state index in [-0.39, 0.29) is 16.6 Å². The molecule has 4 heteroatoms. The van der Waals surface area contributed by atoms with Crippen LogP contribution in [0.25, 0.3) is 0 Å². The second kappa shape index (κ2) is 6.35. The van der Waals surface area contributed by atoms with Crippen LogP contribution in [0.5, 0.6) is 0 Å². The third-order valence-electron chi connectivity index (χ3n) is 3.86. The molecule has 0 nitrogen and oxygen atoms in total. The summed E-state index contributed by atoms with van der Waals surface area (Å²) in [5.74, 6) is -2.48. The third-order valence-corrected chi connectivity index (χ3v) is 5.63. The summed E-state index contributed by atoms with van der Waals surface area (Å²) in [4.78, 5) is 0. The van der Waals surface area contributed by atoms with Gasteiger partial charge < -0.3 is 0 Å². The number of rotatable bonds is 8. The molecule has 0 aromatic carbocycles. The molecule has 0 amide bonds. The summed E-state index contributed by atoms with van der Waals surface area (Å²) >= 11 is 1.71. The van der Waals surface area contributed by atoms with Crippen LogP contribution in [0.1, 0.15) is 53.9 Å². The number of alkyl halides is 3. The predicted molar refractivity (Wildman–Crippen MR) is 70.8 cm³/mol. The second-order valence-corrected chi connectivity index (χ2v) is 7.41. The highest BCUT2D eigenvalue weighted by Gasteiger charge is 2.36. The van der Waals surface area contributed by atoms with E-state index in [0.717, 1.165) is 6.42 Å². The van der Waals surface area contributed by atoms with Gasteiger partial charge >= 0.3 is 0 Å². The van der Waals surface area contributed by atoms with Crippen molar-refractivity contribution >= 4 is 11.8 Å². The van der Waals surface area contributed by atoms with Crippen LogP contribution in [0.15, 0.2) is 0 Å². The highest BCUT2D eigenvalue weighted by Crippen LogP contribution is 2.44. The van der Waals surface area contributed by atoms with Crippen molar-refractivity contribution in [3.63, 3.8) is 0 Å². The maximum atomic E-state index is 12.7. The topological polar surface area (TPSA) is 0 Å². The Morgan fingerprint density at radius 1 is 1.06 bits per heavy atom. The first kappa shape index (κ1) is 17.1. The largest absolute Gasteiger partial charge is 0.275 e. The molecule has 0 aromatic rings. The van der Waals surface area contributed by atoms with Crippen molar-refractivity contribution in [1.82, 2.24) is 0 Å². The lowest BCUT2D eigenvalue weighted by Crippen LogP contribution is -2.35. The van der Waals surface area contributed by atoms with Gasteiger partial charge in [-0.15, -0.1) is 0 Å². The normalized spacial score (nSPS) is 14.1. The van der Waals surface area contributed by atoms with Crippen molar-refractivity contribution in [3.05, 3.63) is 0 Å². The molecule has 0 spiro atoms. The minimum absolute atomic E-state index is 0.0484. The van der Waals surface area contributed by atoms with Gasteiger partial charge in [-0.05, 0) is 24.0 Å². The summed E-state index contributed by atoms with van der Waals surface area (Å²) in [5.41, 5.74) is 0.167. The zero-order valence-corrected chi connectivity index (χ0v) is 12.4. The standard InChI is InChI=1S/C13H25F3S/c1-6-11(2,3)12(4,5)17-9-7-8-13(15,16)10-14/h6-10H2,1-5H3. The fourth-order valence-corrected chi connectivity index (χ4v) is 2.68. The molecule has 0 fully saturated rings. The molecule has 104 valence electrons. The lowest BCUT2D eigenvalue weighted by Gasteiger charge is -2.40. The summed E-state index contributed by atoms with van der Waals surface area (Å²) in [6, 6.07) is 0. The smallest absolute Gasteiger partial charge is 0.244 e. The summed E-state index contributed by atoms with van der Waals surface area (Å²) in [6.45, 7) is 9.27. The number of halogens is 3. The zero-order chi connectivity index (χ0) is 13.7. The molecule has 0 rings (SSSR count). The van der Waals surface area contributed by atoms with Crippen molar-refractivity contribution in [3.8, 4) is 0 Å². The number of hydrogen-bond acceptors (Lipinski definition) is 1. The molecule has 0 atom stereocenters. The van der Waals surface area contributed by atoms with Gasteiger partial charge in [0.25, 0.3) is 5.92 Å². The quantitative estimate of drug-likeness (QED) is 0.538. The Kier molecular flexibility index (Phi) is 6.40. The van der Waals surface area contributed by atoms with E-state index in [0.29, 0.717) is 12.2 Å². The summed E-state index contributed by atoms with van der Waals surface area (Å²) < 4.78 is 37.3. The van der Waals surface area contributed by atoms with Gasteiger partial charge in [0.05, 0.1) is 0 Å². The van der Waals surface area contributed by atoms with E-state index in [4.69, 9.17) is 0 Å². The summed E-state index contributed by atoms with van der Waals surface area (Å²) in [5, 5.41) is 0. The molecule has 0 unspecified atom stereocenters. The van der Waals surface area contributed by atoms with Gasteiger partial charge in [0.15, 0.2) is 6.67 Å². The van der Waals surface area contributed by atoms with Gasteiger partial charge in [-0.2, -0.15) is 11.8 Å². The molecule has 0 heterocycles. The van der Waals surface area contributed by atoms with Crippen molar-refractivity contribution in [2.75, 3.05) is 12.4 Å². The van der Waals surface area contributed by atoms with Crippen LogP contribution in [0.4, 0.5) is 13.2 Å². The molecule has 0 bridgehead atoms. The first-order chi connectivity index (χ1) is 7.58.